The smallest absolute Gasteiger partial charge is 0.262 e. The van der Waals surface area contributed by atoms with E-state index in [1.807, 2.05) is 60.7 Å². The van der Waals surface area contributed by atoms with Crippen LogP contribution in [-0.2, 0) is 4.79 Å². The van der Waals surface area contributed by atoms with Crippen molar-refractivity contribution in [2.75, 3.05) is 36.0 Å². The summed E-state index contributed by atoms with van der Waals surface area (Å²) in [5.74, 6) is 1.43. The van der Waals surface area contributed by atoms with E-state index in [1.165, 1.54) is 0 Å². The number of fused-ring (bicyclic) bond motifs is 1. The molecular formula is C27H28N4O3. The van der Waals surface area contributed by atoms with E-state index in [-0.39, 0.29) is 17.9 Å². The fraction of sp³-hybridized carbons (Fsp3) is 0.296. The van der Waals surface area contributed by atoms with Gasteiger partial charge >= 0.3 is 0 Å². The Balaban J connectivity index is 1.30. The molecule has 0 spiro atoms. The molecule has 1 saturated heterocycles. The molecule has 34 heavy (non-hydrogen) atoms. The summed E-state index contributed by atoms with van der Waals surface area (Å²) in [7, 11) is 0. The highest BCUT2D eigenvalue weighted by Gasteiger charge is 2.26. The molecule has 0 saturated carbocycles. The molecule has 1 aromatic heterocycles. The highest BCUT2D eigenvalue weighted by atomic mass is 16.5. The predicted molar refractivity (Wildman–Crippen MR) is 132 cm³/mol. The van der Waals surface area contributed by atoms with Crippen molar-refractivity contribution < 1.29 is 14.3 Å². The second-order valence-electron chi connectivity index (χ2n) is 8.72. The van der Waals surface area contributed by atoms with Crippen molar-refractivity contribution in [2.45, 2.75) is 25.8 Å². The molecule has 7 heteroatoms. The number of pyridine rings is 1. The standard InChI is InChI=1S/C27H28N4O3/c1-19(32)29-22-11-13-30(14-12-22)26-10-8-23(18-28-26)31-15-16-34-25-17-21(7-9-24(25)27(31)33)20-5-3-2-4-6-20/h2-10,17-18,22H,11-16H2,1H3,(H,29,32). The number of rotatable bonds is 4. The number of aromatic nitrogens is 1. The van der Waals surface area contributed by atoms with Crippen molar-refractivity contribution in [2.24, 2.45) is 0 Å². The molecular weight excluding hydrogens is 428 g/mol. The Morgan fingerprint density at radius 1 is 1.00 bits per heavy atom. The van der Waals surface area contributed by atoms with Crippen molar-refractivity contribution in [1.82, 2.24) is 10.3 Å². The van der Waals surface area contributed by atoms with E-state index in [4.69, 9.17) is 4.74 Å². The zero-order valence-electron chi connectivity index (χ0n) is 19.2. The van der Waals surface area contributed by atoms with E-state index in [0.29, 0.717) is 24.5 Å². The highest BCUT2D eigenvalue weighted by Crippen LogP contribution is 2.31. The van der Waals surface area contributed by atoms with Gasteiger partial charge in [-0.2, -0.15) is 0 Å². The number of hydrogen-bond acceptors (Lipinski definition) is 5. The van der Waals surface area contributed by atoms with Crippen molar-refractivity contribution in [3.8, 4) is 16.9 Å². The summed E-state index contributed by atoms with van der Waals surface area (Å²) >= 11 is 0. The minimum absolute atomic E-state index is 0.0184. The quantitative estimate of drug-likeness (QED) is 0.645. The Labute approximate surface area is 199 Å². The average Bonchev–Trinajstić information content (AvgIpc) is 3.03. The minimum atomic E-state index is -0.0854. The lowest BCUT2D eigenvalue weighted by molar-refractivity contribution is -0.119. The van der Waals surface area contributed by atoms with Gasteiger partial charge < -0.3 is 19.9 Å². The van der Waals surface area contributed by atoms with Crippen LogP contribution in [-0.4, -0.2) is 49.1 Å². The number of benzene rings is 2. The van der Waals surface area contributed by atoms with Gasteiger partial charge in [0.25, 0.3) is 5.91 Å². The molecule has 0 radical (unpaired) electrons. The molecule has 3 heterocycles. The molecule has 7 nitrogen and oxygen atoms in total. The number of carbonyl (C=O) groups excluding carboxylic acids is 2. The lowest BCUT2D eigenvalue weighted by Gasteiger charge is -2.33. The van der Waals surface area contributed by atoms with Crippen LogP contribution in [0.25, 0.3) is 11.1 Å². The van der Waals surface area contributed by atoms with Gasteiger partial charge in [-0.1, -0.05) is 36.4 Å². The molecule has 0 aliphatic carbocycles. The van der Waals surface area contributed by atoms with Gasteiger partial charge in [-0.25, -0.2) is 4.98 Å². The van der Waals surface area contributed by atoms with Crippen molar-refractivity contribution in [1.29, 1.82) is 0 Å². The first-order chi connectivity index (χ1) is 16.6. The van der Waals surface area contributed by atoms with Crippen LogP contribution in [0.4, 0.5) is 11.5 Å². The van der Waals surface area contributed by atoms with Crippen LogP contribution in [0.2, 0.25) is 0 Å². The molecule has 1 N–H and O–H groups in total. The van der Waals surface area contributed by atoms with Crippen LogP contribution in [0.1, 0.15) is 30.1 Å². The molecule has 2 aromatic carbocycles. The molecule has 2 aliphatic rings. The summed E-state index contributed by atoms with van der Waals surface area (Å²) in [4.78, 5) is 33.2. The third-order valence-electron chi connectivity index (χ3n) is 6.41. The molecule has 2 amide bonds. The topological polar surface area (TPSA) is 74.8 Å². The molecule has 0 unspecified atom stereocenters. The van der Waals surface area contributed by atoms with Gasteiger partial charge in [-0.15, -0.1) is 0 Å². The Morgan fingerprint density at radius 2 is 1.79 bits per heavy atom. The van der Waals surface area contributed by atoms with Crippen molar-refractivity contribution in [3.05, 3.63) is 72.4 Å². The number of carbonyl (C=O) groups is 2. The van der Waals surface area contributed by atoms with Crippen molar-refractivity contribution in [3.63, 3.8) is 0 Å². The monoisotopic (exact) mass is 456 g/mol. The first-order valence-electron chi connectivity index (χ1n) is 11.7. The number of anilines is 2. The minimum Gasteiger partial charge on any atom is -0.491 e. The van der Waals surface area contributed by atoms with Crippen molar-refractivity contribution >= 4 is 23.3 Å². The molecule has 174 valence electrons. The maximum Gasteiger partial charge on any atom is 0.262 e. The maximum atomic E-state index is 13.4. The number of nitrogens with one attached hydrogen (secondary N) is 1. The zero-order valence-corrected chi connectivity index (χ0v) is 19.2. The fourth-order valence-electron chi connectivity index (χ4n) is 4.63. The average molecular weight is 457 g/mol. The number of nitrogens with zero attached hydrogens (tertiary/aromatic N) is 3. The molecule has 0 bridgehead atoms. The SMILES string of the molecule is CC(=O)NC1CCN(c2ccc(N3CCOc4cc(-c5ccccc5)ccc4C3=O)cn2)CC1. The second kappa shape index (κ2) is 9.55. The van der Waals surface area contributed by atoms with E-state index >= 15 is 0 Å². The Hall–Kier alpha value is -3.87. The number of hydrogen-bond donors (Lipinski definition) is 1. The largest absolute Gasteiger partial charge is 0.491 e. The van der Waals surface area contributed by atoms with Gasteiger partial charge in [0.2, 0.25) is 5.91 Å². The normalized spacial score (nSPS) is 16.4. The Kier molecular flexibility index (Phi) is 6.16. The van der Waals surface area contributed by atoms with E-state index in [9.17, 15) is 9.59 Å². The van der Waals surface area contributed by atoms with Crippen LogP contribution in [0, 0.1) is 0 Å². The Morgan fingerprint density at radius 3 is 2.50 bits per heavy atom. The van der Waals surface area contributed by atoms with Crippen LogP contribution in [0.3, 0.4) is 0 Å². The van der Waals surface area contributed by atoms with E-state index in [0.717, 1.165) is 48.6 Å². The van der Waals surface area contributed by atoms with E-state index in [1.54, 1.807) is 18.0 Å². The van der Waals surface area contributed by atoms with Crippen LogP contribution < -0.4 is 19.9 Å². The first-order valence-corrected chi connectivity index (χ1v) is 11.7. The van der Waals surface area contributed by atoms with Crippen LogP contribution in [0.5, 0.6) is 5.75 Å². The van der Waals surface area contributed by atoms with Gasteiger partial charge in [-0.05, 0) is 48.2 Å². The van der Waals surface area contributed by atoms with Gasteiger partial charge in [0.15, 0.2) is 0 Å². The lowest BCUT2D eigenvalue weighted by Crippen LogP contribution is -2.44. The summed E-state index contributed by atoms with van der Waals surface area (Å²) in [6.07, 6.45) is 3.55. The van der Waals surface area contributed by atoms with E-state index in [2.05, 4.69) is 15.2 Å². The second-order valence-corrected chi connectivity index (χ2v) is 8.72. The first kappa shape index (κ1) is 21.9. The van der Waals surface area contributed by atoms with Gasteiger partial charge in [0.05, 0.1) is 24.0 Å². The summed E-state index contributed by atoms with van der Waals surface area (Å²) in [6.45, 7) is 4.10. The van der Waals surface area contributed by atoms with Gasteiger partial charge in [-0.3, -0.25) is 9.59 Å². The fourth-order valence-corrected chi connectivity index (χ4v) is 4.63. The van der Waals surface area contributed by atoms with Gasteiger partial charge in [0.1, 0.15) is 18.2 Å². The summed E-state index contributed by atoms with van der Waals surface area (Å²) in [5, 5.41) is 3.00. The summed E-state index contributed by atoms with van der Waals surface area (Å²) in [5.41, 5.74) is 3.42. The summed E-state index contributed by atoms with van der Waals surface area (Å²) in [6, 6.07) is 20.0. The number of ether oxygens (including phenoxy) is 1. The number of piperidine rings is 1. The molecule has 0 atom stereocenters. The lowest BCUT2D eigenvalue weighted by atomic mass is 10.0. The molecule has 5 rings (SSSR count). The predicted octanol–water partition coefficient (Wildman–Crippen LogP) is 3.89. The third-order valence-corrected chi connectivity index (χ3v) is 6.41. The third kappa shape index (κ3) is 4.59. The summed E-state index contributed by atoms with van der Waals surface area (Å²) < 4.78 is 5.97. The highest BCUT2D eigenvalue weighted by molar-refractivity contribution is 6.08. The molecule has 1 fully saturated rings. The molecule has 3 aromatic rings. The number of amides is 2. The molecule has 2 aliphatic heterocycles. The van der Waals surface area contributed by atoms with Crippen LogP contribution in [0.15, 0.2) is 66.9 Å². The van der Waals surface area contributed by atoms with Crippen LogP contribution >= 0.6 is 0 Å². The van der Waals surface area contributed by atoms with E-state index < -0.39 is 0 Å². The Bertz CT molecular complexity index is 1170. The van der Waals surface area contributed by atoms with Gasteiger partial charge in [0, 0.05) is 26.1 Å². The maximum absolute atomic E-state index is 13.4. The zero-order chi connectivity index (χ0) is 23.5.